The molecule has 0 heterocycles. The Bertz CT molecular complexity index is 138. The second-order valence-electron chi connectivity index (χ2n) is 3.92. The van der Waals surface area contributed by atoms with Gasteiger partial charge in [0.1, 0.15) is 0 Å². The third kappa shape index (κ3) is 12.1. The molecule has 0 radical (unpaired) electrons. The van der Waals surface area contributed by atoms with E-state index in [2.05, 4.69) is 26.4 Å². The van der Waals surface area contributed by atoms with E-state index in [1.807, 2.05) is 0 Å². The molecule has 0 saturated heterocycles. The predicted octanol–water partition coefficient (Wildman–Crippen LogP) is 2.99. The standard InChI is InChI=1S/C12H28N2O3/c1-4-7-10-15-13-14(16-11-8-5-2)17-12-9-6-3/h13H,4-12H2,1-3H3. The zero-order chi connectivity index (χ0) is 12.8. The number of rotatable bonds is 13. The van der Waals surface area contributed by atoms with Crippen LogP contribution >= 0.6 is 0 Å². The van der Waals surface area contributed by atoms with Crippen molar-refractivity contribution in [1.82, 2.24) is 10.9 Å². The lowest BCUT2D eigenvalue weighted by Crippen LogP contribution is -2.39. The molecule has 0 rings (SSSR count). The van der Waals surface area contributed by atoms with Crippen LogP contribution in [0.1, 0.15) is 59.3 Å². The average Bonchev–Trinajstić information content (AvgIpc) is 2.34. The van der Waals surface area contributed by atoms with Crippen molar-refractivity contribution in [2.75, 3.05) is 19.8 Å². The fraction of sp³-hybridized carbons (Fsp3) is 1.00. The van der Waals surface area contributed by atoms with Gasteiger partial charge in [-0.05, 0) is 19.3 Å². The largest absolute Gasteiger partial charge is 0.283 e. The zero-order valence-corrected chi connectivity index (χ0v) is 11.5. The van der Waals surface area contributed by atoms with Crippen molar-refractivity contribution in [3.63, 3.8) is 0 Å². The number of unbranched alkanes of at least 4 members (excludes halogenated alkanes) is 3. The first-order chi connectivity index (χ1) is 8.35. The van der Waals surface area contributed by atoms with Crippen LogP contribution in [0.4, 0.5) is 0 Å². The van der Waals surface area contributed by atoms with Gasteiger partial charge in [-0.15, -0.1) is 0 Å². The molecule has 17 heavy (non-hydrogen) atoms. The van der Waals surface area contributed by atoms with Gasteiger partial charge in [-0.25, -0.2) is 0 Å². The van der Waals surface area contributed by atoms with Gasteiger partial charge >= 0.3 is 0 Å². The molecule has 0 atom stereocenters. The topological polar surface area (TPSA) is 43.0 Å². The van der Waals surface area contributed by atoms with Crippen molar-refractivity contribution in [3.05, 3.63) is 0 Å². The van der Waals surface area contributed by atoms with Gasteiger partial charge in [0.2, 0.25) is 0 Å². The molecule has 0 spiro atoms. The quantitative estimate of drug-likeness (QED) is 0.401. The summed E-state index contributed by atoms with van der Waals surface area (Å²) in [5.41, 5.74) is 2.66. The predicted molar refractivity (Wildman–Crippen MR) is 67.6 cm³/mol. The summed E-state index contributed by atoms with van der Waals surface area (Å²) in [7, 11) is 0. The van der Waals surface area contributed by atoms with Crippen molar-refractivity contribution < 1.29 is 14.5 Å². The van der Waals surface area contributed by atoms with Crippen molar-refractivity contribution in [2.45, 2.75) is 59.3 Å². The van der Waals surface area contributed by atoms with E-state index in [1.54, 1.807) is 0 Å². The van der Waals surface area contributed by atoms with Gasteiger partial charge in [0.25, 0.3) is 0 Å². The van der Waals surface area contributed by atoms with Crippen LogP contribution in [0.5, 0.6) is 0 Å². The van der Waals surface area contributed by atoms with Gasteiger partial charge in [-0.1, -0.05) is 45.6 Å². The van der Waals surface area contributed by atoms with Crippen LogP contribution in [0, 0.1) is 0 Å². The molecule has 0 aromatic rings. The number of nitrogens with one attached hydrogen (secondary N) is 1. The van der Waals surface area contributed by atoms with E-state index >= 15 is 0 Å². The summed E-state index contributed by atoms with van der Waals surface area (Å²) in [5.74, 6) is 0. The van der Waals surface area contributed by atoms with Crippen LogP contribution in [0.3, 0.4) is 0 Å². The van der Waals surface area contributed by atoms with E-state index in [0.29, 0.717) is 19.8 Å². The molecule has 0 aliphatic carbocycles. The SMILES string of the molecule is CCCCONN(OCCCC)OCCCC. The van der Waals surface area contributed by atoms with E-state index in [4.69, 9.17) is 14.5 Å². The number of nitrogens with zero attached hydrogens (tertiary/aromatic N) is 1. The van der Waals surface area contributed by atoms with Crippen molar-refractivity contribution in [1.29, 1.82) is 0 Å². The molecular weight excluding hydrogens is 220 g/mol. The number of hydrazine groups is 1. The highest BCUT2D eigenvalue weighted by molar-refractivity contribution is 4.30. The fourth-order valence-electron chi connectivity index (χ4n) is 0.988. The minimum Gasteiger partial charge on any atom is -0.283 e. The monoisotopic (exact) mass is 248 g/mol. The lowest BCUT2D eigenvalue weighted by atomic mass is 10.4. The summed E-state index contributed by atoms with van der Waals surface area (Å²) < 4.78 is 0. The van der Waals surface area contributed by atoms with Crippen molar-refractivity contribution in [3.8, 4) is 0 Å². The lowest BCUT2D eigenvalue weighted by Gasteiger charge is -2.20. The molecule has 0 fully saturated rings. The van der Waals surface area contributed by atoms with Crippen LogP contribution in [0.2, 0.25) is 0 Å². The molecule has 0 aromatic heterocycles. The normalized spacial score (nSPS) is 11.3. The Labute approximate surface area is 105 Å². The fourth-order valence-corrected chi connectivity index (χ4v) is 0.988. The summed E-state index contributed by atoms with van der Waals surface area (Å²) in [6.07, 6.45) is 6.33. The summed E-state index contributed by atoms with van der Waals surface area (Å²) in [6, 6.07) is 0. The Kier molecular flexibility index (Phi) is 13.7. The third-order valence-corrected chi connectivity index (χ3v) is 2.15. The number of hydrogen-bond acceptors (Lipinski definition) is 5. The molecule has 1 N–H and O–H groups in total. The first-order valence-electron chi connectivity index (χ1n) is 6.78. The summed E-state index contributed by atoms with van der Waals surface area (Å²) in [5, 5.41) is 1.24. The molecule has 0 amide bonds. The molecule has 0 aromatic carbocycles. The molecule has 5 heteroatoms. The maximum Gasteiger partial charge on any atom is 0.0727 e. The molecule has 0 aliphatic heterocycles. The summed E-state index contributed by atoms with van der Waals surface area (Å²) in [6.45, 7) is 8.28. The Balaban J connectivity index is 3.60. The van der Waals surface area contributed by atoms with E-state index in [9.17, 15) is 0 Å². The van der Waals surface area contributed by atoms with Crippen LogP contribution < -0.4 is 5.59 Å². The molecule has 0 bridgehead atoms. The van der Waals surface area contributed by atoms with Crippen molar-refractivity contribution >= 4 is 0 Å². The molecular formula is C12H28N2O3. The maximum absolute atomic E-state index is 5.38. The first kappa shape index (κ1) is 16.8. The molecule has 0 saturated carbocycles. The van der Waals surface area contributed by atoms with Gasteiger partial charge in [0.05, 0.1) is 19.8 Å². The van der Waals surface area contributed by atoms with Gasteiger partial charge in [-0.2, -0.15) is 0 Å². The highest BCUT2D eigenvalue weighted by Gasteiger charge is 2.05. The van der Waals surface area contributed by atoms with Crippen LogP contribution in [-0.4, -0.2) is 25.2 Å². The van der Waals surface area contributed by atoms with Gasteiger partial charge in [-0.3, -0.25) is 14.5 Å². The molecule has 104 valence electrons. The average molecular weight is 248 g/mol. The lowest BCUT2D eigenvalue weighted by molar-refractivity contribution is -0.440. The highest BCUT2D eigenvalue weighted by atomic mass is 17.0. The second-order valence-corrected chi connectivity index (χ2v) is 3.92. The Morgan fingerprint density at radius 1 is 0.765 bits per heavy atom. The van der Waals surface area contributed by atoms with E-state index in [1.165, 1.54) is 5.34 Å². The summed E-state index contributed by atoms with van der Waals surface area (Å²) in [4.78, 5) is 16.0. The minimum absolute atomic E-state index is 0.632. The van der Waals surface area contributed by atoms with E-state index in [-0.39, 0.29) is 0 Å². The van der Waals surface area contributed by atoms with Crippen LogP contribution in [0.25, 0.3) is 0 Å². The smallest absolute Gasteiger partial charge is 0.0727 e. The zero-order valence-electron chi connectivity index (χ0n) is 11.5. The number of hydrogen-bond donors (Lipinski definition) is 1. The van der Waals surface area contributed by atoms with Gasteiger partial charge < -0.3 is 0 Å². The Hall–Kier alpha value is -0.200. The van der Waals surface area contributed by atoms with E-state index in [0.717, 1.165) is 38.5 Å². The third-order valence-electron chi connectivity index (χ3n) is 2.15. The maximum atomic E-state index is 5.38. The molecule has 5 nitrogen and oxygen atoms in total. The van der Waals surface area contributed by atoms with Crippen molar-refractivity contribution in [2.24, 2.45) is 0 Å². The van der Waals surface area contributed by atoms with Crippen LogP contribution in [0.15, 0.2) is 0 Å². The highest BCUT2D eigenvalue weighted by Crippen LogP contribution is 1.96. The second kappa shape index (κ2) is 13.9. The molecule has 0 unspecified atom stereocenters. The first-order valence-corrected chi connectivity index (χ1v) is 6.78. The minimum atomic E-state index is 0.632. The van der Waals surface area contributed by atoms with Gasteiger partial charge in [0.15, 0.2) is 0 Å². The van der Waals surface area contributed by atoms with Gasteiger partial charge in [0, 0.05) is 5.34 Å². The Morgan fingerprint density at radius 2 is 1.24 bits per heavy atom. The molecule has 0 aliphatic rings. The summed E-state index contributed by atoms with van der Waals surface area (Å²) >= 11 is 0. The Morgan fingerprint density at radius 3 is 1.71 bits per heavy atom. The van der Waals surface area contributed by atoms with E-state index < -0.39 is 0 Å². The van der Waals surface area contributed by atoms with Crippen LogP contribution in [-0.2, 0) is 14.5 Å².